The molecule has 0 unspecified atom stereocenters. The quantitative estimate of drug-likeness (QED) is 0.541. The molecule has 0 spiro atoms. The number of rotatable bonds is 6. The molecule has 0 aliphatic heterocycles. The van der Waals surface area contributed by atoms with E-state index in [1.807, 2.05) is 0 Å². The summed E-state index contributed by atoms with van der Waals surface area (Å²) in [5.41, 5.74) is 0.616. The van der Waals surface area contributed by atoms with Gasteiger partial charge in [0, 0.05) is 14.2 Å². The van der Waals surface area contributed by atoms with Crippen LogP contribution in [-0.4, -0.2) is 27.8 Å². The maximum Gasteiger partial charge on any atom is 0.188 e. The predicted molar refractivity (Wildman–Crippen MR) is 59.4 cm³/mol. The summed E-state index contributed by atoms with van der Waals surface area (Å²) < 4.78 is 20.3. The van der Waals surface area contributed by atoms with E-state index in [0.29, 0.717) is 17.1 Å². The Morgan fingerprint density at radius 1 is 1.12 bits per heavy atom. The van der Waals surface area contributed by atoms with Crippen molar-refractivity contribution in [1.82, 2.24) is 0 Å². The van der Waals surface area contributed by atoms with Gasteiger partial charge in [-0.15, -0.1) is 6.42 Å². The van der Waals surface area contributed by atoms with Gasteiger partial charge in [0.1, 0.15) is 0 Å². The molecule has 0 radical (unpaired) electrons. The molecule has 16 heavy (non-hydrogen) atoms. The molecular formula is C12H14O4. The lowest BCUT2D eigenvalue weighted by Crippen LogP contribution is -2.05. The molecule has 0 aromatic heterocycles. The SMILES string of the molecule is C#Cc1cccc(OCOC)c1OCOC. The van der Waals surface area contributed by atoms with E-state index in [9.17, 15) is 0 Å². The summed E-state index contributed by atoms with van der Waals surface area (Å²) in [5, 5.41) is 0. The summed E-state index contributed by atoms with van der Waals surface area (Å²) in [6.07, 6.45) is 5.36. The van der Waals surface area contributed by atoms with E-state index in [0.717, 1.165) is 0 Å². The van der Waals surface area contributed by atoms with Gasteiger partial charge in [0.05, 0.1) is 5.56 Å². The molecule has 1 aromatic carbocycles. The fourth-order valence-electron chi connectivity index (χ4n) is 1.13. The maximum atomic E-state index is 5.36. The summed E-state index contributed by atoms with van der Waals surface area (Å²) in [7, 11) is 3.08. The van der Waals surface area contributed by atoms with Gasteiger partial charge in [-0.05, 0) is 12.1 Å². The number of hydrogen-bond acceptors (Lipinski definition) is 4. The second kappa shape index (κ2) is 6.72. The van der Waals surface area contributed by atoms with Gasteiger partial charge in [0.25, 0.3) is 0 Å². The van der Waals surface area contributed by atoms with Crippen LogP contribution >= 0.6 is 0 Å². The van der Waals surface area contributed by atoms with Crippen molar-refractivity contribution in [3.05, 3.63) is 23.8 Å². The predicted octanol–water partition coefficient (Wildman–Crippen LogP) is 1.63. The van der Waals surface area contributed by atoms with Crippen LogP contribution in [0, 0.1) is 12.3 Å². The van der Waals surface area contributed by atoms with Crippen LogP contribution in [0.1, 0.15) is 5.56 Å². The Bertz CT molecular complexity index is 368. The highest BCUT2D eigenvalue weighted by Crippen LogP contribution is 2.30. The smallest absolute Gasteiger partial charge is 0.188 e. The lowest BCUT2D eigenvalue weighted by atomic mass is 10.2. The van der Waals surface area contributed by atoms with Crippen LogP contribution in [0.15, 0.2) is 18.2 Å². The van der Waals surface area contributed by atoms with Crippen molar-refractivity contribution in [1.29, 1.82) is 0 Å². The molecule has 4 heteroatoms. The van der Waals surface area contributed by atoms with E-state index in [2.05, 4.69) is 5.92 Å². The molecule has 0 heterocycles. The van der Waals surface area contributed by atoms with Crippen molar-refractivity contribution in [3.63, 3.8) is 0 Å². The third-order valence-electron chi connectivity index (χ3n) is 1.79. The van der Waals surface area contributed by atoms with Crippen LogP contribution in [0.2, 0.25) is 0 Å². The average molecular weight is 222 g/mol. The third-order valence-corrected chi connectivity index (χ3v) is 1.79. The van der Waals surface area contributed by atoms with Crippen molar-refractivity contribution in [2.45, 2.75) is 0 Å². The standard InChI is InChI=1S/C12H14O4/c1-4-10-6-5-7-11(15-8-13-2)12(10)16-9-14-3/h1,5-7H,8-9H2,2-3H3. The van der Waals surface area contributed by atoms with E-state index in [4.69, 9.17) is 25.4 Å². The Kier molecular flexibility index (Phi) is 5.20. The van der Waals surface area contributed by atoms with Crippen molar-refractivity contribution in [3.8, 4) is 23.8 Å². The van der Waals surface area contributed by atoms with Crippen LogP contribution in [0.25, 0.3) is 0 Å². The highest BCUT2D eigenvalue weighted by Gasteiger charge is 2.09. The Morgan fingerprint density at radius 3 is 2.44 bits per heavy atom. The largest absolute Gasteiger partial charge is 0.464 e. The Hall–Kier alpha value is -1.70. The minimum Gasteiger partial charge on any atom is -0.464 e. The fraction of sp³-hybridized carbons (Fsp3) is 0.333. The normalized spacial score (nSPS) is 9.56. The summed E-state index contributed by atoms with van der Waals surface area (Å²) in [6, 6.07) is 5.31. The Balaban J connectivity index is 2.91. The minimum atomic E-state index is 0.113. The molecule has 86 valence electrons. The number of para-hydroxylation sites is 1. The maximum absolute atomic E-state index is 5.36. The van der Waals surface area contributed by atoms with E-state index >= 15 is 0 Å². The van der Waals surface area contributed by atoms with Crippen LogP contribution < -0.4 is 9.47 Å². The molecule has 0 bridgehead atoms. The second-order valence-electron chi connectivity index (χ2n) is 2.88. The molecule has 0 amide bonds. The average Bonchev–Trinajstić information content (AvgIpc) is 2.33. The number of benzene rings is 1. The number of hydrogen-bond donors (Lipinski definition) is 0. The first-order valence-electron chi connectivity index (χ1n) is 4.66. The molecular weight excluding hydrogens is 208 g/mol. The van der Waals surface area contributed by atoms with Gasteiger partial charge in [-0.3, -0.25) is 0 Å². The summed E-state index contributed by atoms with van der Waals surface area (Å²) in [6.45, 7) is 0.249. The van der Waals surface area contributed by atoms with Gasteiger partial charge in [0.2, 0.25) is 0 Å². The Labute approximate surface area is 95.1 Å². The van der Waals surface area contributed by atoms with Gasteiger partial charge >= 0.3 is 0 Å². The molecule has 1 rings (SSSR count). The Morgan fingerprint density at radius 2 is 1.81 bits per heavy atom. The molecule has 0 fully saturated rings. The van der Waals surface area contributed by atoms with Crippen molar-refractivity contribution in [2.24, 2.45) is 0 Å². The van der Waals surface area contributed by atoms with Crippen LogP contribution in [-0.2, 0) is 9.47 Å². The summed E-state index contributed by atoms with van der Waals surface area (Å²) >= 11 is 0. The second-order valence-corrected chi connectivity index (χ2v) is 2.88. The lowest BCUT2D eigenvalue weighted by Gasteiger charge is -2.13. The van der Waals surface area contributed by atoms with Crippen LogP contribution in [0.5, 0.6) is 11.5 Å². The molecule has 0 saturated carbocycles. The molecule has 0 saturated heterocycles. The van der Waals surface area contributed by atoms with Gasteiger partial charge in [-0.25, -0.2) is 0 Å². The number of methoxy groups -OCH3 is 2. The van der Waals surface area contributed by atoms with Crippen molar-refractivity contribution >= 4 is 0 Å². The van der Waals surface area contributed by atoms with E-state index in [1.54, 1.807) is 25.3 Å². The molecule has 0 aliphatic rings. The highest BCUT2D eigenvalue weighted by atomic mass is 16.7. The first-order valence-corrected chi connectivity index (χ1v) is 4.66. The monoisotopic (exact) mass is 222 g/mol. The summed E-state index contributed by atoms with van der Waals surface area (Å²) in [4.78, 5) is 0. The molecule has 0 atom stereocenters. The first kappa shape index (κ1) is 12.4. The van der Waals surface area contributed by atoms with Crippen molar-refractivity contribution < 1.29 is 18.9 Å². The molecule has 1 aromatic rings. The van der Waals surface area contributed by atoms with Crippen molar-refractivity contribution in [2.75, 3.05) is 27.8 Å². The first-order chi connectivity index (χ1) is 7.83. The van der Waals surface area contributed by atoms with Gasteiger partial charge in [0.15, 0.2) is 25.1 Å². The summed E-state index contributed by atoms with van der Waals surface area (Å²) in [5.74, 6) is 3.55. The third kappa shape index (κ3) is 3.16. The zero-order valence-electron chi connectivity index (χ0n) is 9.36. The van der Waals surface area contributed by atoms with E-state index in [1.165, 1.54) is 7.11 Å². The van der Waals surface area contributed by atoms with Gasteiger partial charge < -0.3 is 18.9 Å². The minimum absolute atomic E-state index is 0.113. The molecule has 4 nitrogen and oxygen atoms in total. The zero-order valence-corrected chi connectivity index (χ0v) is 9.36. The molecule has 0 N–H and O–H groups in total. The lowest BCUT2D eigenvalue weighted by molar-refractivity contribution is 0.0321. The molecule has 0 aliphatic carbocycles. The fourth-order valence-corrected chi connectivity index (χ4v) is 1.13. The highest BCUT2D eigenvalue weighted by molar-refractivity contribution is 5.53. The van der Waals surface area contributed by atoms with Gasteiger partial charge in [-0.1, -0.05) is 12.0 Å². The number of ether oxygens (including phenoxy) is 4. The number of terminal acetylenes is 1. The van der Waals surface area contributed by atoms with Crippen LogP contribution in [0.4, 0.5) is 0 Å². The zero-order chi connectivity index (χ0) is 11.8. The topological polar surface area (TPSA) is 36.9 Å². The van der Waals surface area contributed by atoms with E-state index in [-0.39, 0.29) is 13.6 Å². The van der Waals surface area contributed by atoms with Gasteiger partial charge in [-0.2, -0.15) is 0 Å². The van der Waals surface area contributed by atoms with Crippen LogP contribution in [0.3, 0.4) is 0 Å². The van der Waals surface area contributed by atoms with E-state index < -0.39 is 0 Å².